The maximum absolute atomic E-state index is 10.1. The lowest BCUT2D eigenvalue weighted by atomic mass is 10.2. The first-order valence-corrected chi connectivity index (χ1v) is 9.24. The molecule has 0 spiro atoms. The van der Waals surface area contributed by atoms with E-state index in [1.54, 1.807) is 6.26 Å². The van der Waals surface area contributed by atoms with E-state index in [-0.39, 0.29) is 0 Å². The Hall–Kier alpha value is -1.92. The molecular weight excluding hydrogens is 328 g/mol. The molecule has 140 valence electrons. The van der Waals surface area contributed by atoms with Gasteiger partial charge in [-0.1, -0.05) is 42.5 Å². The lowest BCUT2D eigenvalue weighted by molar-refractivity contribution is -0.00193. The number of benzene rings is 1. The monoisotopic (exact) mass is 356 g/mol. The van der Waals surface area contributed by atoms with Gasteiger partial charge in [-0.15, -0.1) is 0 Å². The number of rotatable bonds is 9. The predicted molar refractivity (Wildman–Crippen MR) is 103 cm³/mol. The standard InChI is InChI=1S/C21H28N2O3/c24-20(17-25-18-21-9-5-15-26-21)16-23-13-11-22(12-14-23)10-4-8-19-6-2-1-3-7-19/h1-9,15,20,24H,10-14,16-18H2/b8-4-. The van der Waals surface area contributed by atoms with Gasteiger partial charge < -0.3 is 14.3 Å². The fourth-order valence-corrected chi connectivity index (χ4v) is 3.10. The van der Waals surface area contributed by atoms with Gasteiger partial charge in [0.1, 0.15) is 12.4 Å². The number of hydrogen-bond donors (Lipinski definition) is 1. The van der Waals surface area contributed by atoms with Crippen molar-refractivity contribution in [2.75, 3.05) is 45.9 Å². The highest BCUT2D eigenvalue weighted by atomic mass is 16.5. The third-order valence-electron chi connectivity index (χ3n) is 4.54. The lowest BCUT2D eigenvalue weighted by Gasteiger charge is -2.35. The largest absolute Gasteiger partial charge is 0.467 e. The highest BCUT2D eigenvalue weighted by molar-refractivity contribution is 5.48. The van der Waals surface area contributed by atoms with Gasteiger partial charge in [-0.2, -0.15) is 0 Å². The van der Waals surface area contributed by atoms with Gasteiger partial charge in [0, 0.05) is 39.3 Å². The van der Waals surface area contributed by atoms with Gasteiger partial charge in [0.15, 0.2) is 0 Å². The van der Waals surface area contributed by atoms with Crippen molar-refractivity contribution >= 4 is 6.08 Å². The van der Waals surface area contributed by atoms with Crippen molar-refractivity contribution in [2.24, 2.45) is 0 Å². The normalized spacial score (nSPS) is 17.7. The summed E-state index contributed by atoms with van der Waals surface area (Å²) >= 11 is 0. The molecule has 0 bridgehead atoms. The molecule has 1 aromatic heterocycles. The Morgan fingerprint density at radius 1 is 1.04 bits per heavy atom. The minimum Gasteiger partial charge on any atom is -0.467 e. The Labute approximate surface area is 155 Å². The first-order chi connectivity index (χ1) is 12.8. The zero-order valence-electron chi connectivity index (χ0n) is 15.2. The number of aliphatic hydroxyl groups excluding tert-OH is 1. The summed E-state index contributed by atoms with van der Waals surface area (Å²) in [5.74, 6) is 0.786. The van der Waals surface area contributed by atoms with Gasteiger partial charge in [0.25, 0.3) is 0 Å². The maximum atomic E-state index is 10.1. The van der Waals surface area contributed by atoms with Crippen molar-refractivity contribution in [3.05, 3.63) is 66.1 Å². The van der Waals surface area contributed by atoms with E-state index in [0.29, 0.717) is 19.8 Å². The molecule has 1 fully saturated rings. The summed E-state index contributed by atoms with van der Waals surface area (Å²) in [6, 6.07) is 14.1. The second-order valence-electron chi connectivity index (χ2n) is 6.66. The third kappa shape index (κ3) is 6.42. The molecule has 1 aliphatic rings. The molecule has 2 heterocycles. The SMILES string of the molecule is OC(COCc1ccco1)CN1CCN(C/C=C\c2ccccc2)CC1. The molecule has 1 unspecified atom stereocenters. The smallest absolute Gasteiger partial charge is 0.129 e. The van der Waals surface area contributed by atoms with Crippen LogP contribution in [0.15, 0.2) is 59.2 Å². The van der Waals surface area contributed by atoms with Crippen molar-refractivity contribution < 1.29 is 14.3 Å². The Kier molecular flexibility index (Phi) is 7.46. The van der Waals surface area contributed by atoms with E-state index in [2.05, 4.69) is 46.2 Å². The fourth-order valence-electron chi connectivity index (χ4n) is 3.10. The van der Waals surface area contributed by atoms with Crippen molar-refractivity contribution in [1.82, 2.24) is 9.80 Å². The minimum atomic E-state index is -0.463. The number of hydrogen-bond acceptors (Lipinski definition) is 5. The summed E-state index contributed by atoms with van der Waals surface area (Å²) in [5.41, 5.74) is 1.24. The molecule has 0 aliphatic carbocycles. The molecule has 1 atom stereocenters. The molecule has 26 heavy (non-hydrogen) atoms. The molecule has 3 rings (SSSR count). The Morgan fingerprint density at radius 2 is 1.81 bits per heavy atom. The second kappa shape index (κ2) is 10.3. The van der Waals surface area contributed by atoms with Crippen LogP contribution in [-0.4, -0.2) is 66.9 Å². The van der Waals surface area contributed by atoms with Crippen LogP contribution in [0.25, 0.3) is 6.08 Å². The first kappa shape index (κ1) is 18.9. The summed E-state index contributed by atoms with van der Waals surface area (Å²) in [5, 5.41) is 10.1. The number of piperazine rings is 1. The number of β-amino-alcohol motifs (C(OH)–C–C–N with tert-alkyl or cyclic N) is 1. The highest BCUT2D eigenvalue weighted by Gasteiger charge is 2.18. The molecule has 1 N–H and O–H groups in total. The van der Waals surface area contributed by atoms with Crippen molar-refractivity contribution in [1.29, 1.82) is 0 Å². The average molecular weight is 356 g/mol. The Balaban J connectivity index is 1.29. The number of ether oxygens (including phenoxy) is 1. The van der Waals surface area contributed by atoms with E-state index < -0.39 is 6.10 Å². The summed E-state index contributed by atoms with van der Waals surface area (Å²) in [4.78, 5) is 4.74. The molecule has 0 saturated carbocycles. The molecule has 1 aliphatic heterocycles. The van der Waals surface area contributed by atoms with E-state index in [9.17, 15) is 5.11 Å². The van der Waals surface area contributed by atoms with Crippen LogP contribution in [-0.2, 0) is 11.3 Å². The van der Waals surface area contributed by atoms with Gasteiger partial charge in [-0.05, 0) is 17.7 Å². The molecular formula is C21H28N2O3. The minimum absolute atomic E-state index is 0.334. The van der Waals surface area contributed by atoms with E-state index in [1.165, 1.54) is 5.56 Å². The van der Waals surface area contributed by atoms with E-state index in [1.807, 2.05) is 18.2 Å². The zero-order valence-corrected chi connectivity index (χ0v) is 15.2. The molecule has 1 aromatic carbocycles. The van der Waals surface area contributed by atoms with Gasteiger partial charge >= 0.3 is 0 Å². The molecule has 2 aromatic rings. The zero-order chi connectivity index (χ0) is 18.0. The lowest BCUT2D eigenvalue weighted by Crippen LogP contribution is -2.49. The van der Waals surface area contributed by atoms with E-state index >= 15 is 0 Å². The Morgan fingerprint density at radius 3 is 2.54 bits per heavy atom. The molecule has 1 saturated heterocycles. The van der Waals surface area contributed by atoms with Gasteiger partial charge in [0.05, 0.1) is 19.0 Å². The number of furan rings is 1. The molecule has 5 nitrogen and oxygen atoms in total. The van der Waals surface area contributed by atoms with E-state index in [0.717, 1.165) is 38.5 Å². The molecule has 0 radical (unpaired) electrons. The van der Waals surface area contributed by atoms with Gasteiger partial charge in [-0.25, -0.2) is 0 Å². The molecule has 5 heteroatoms. The van der Waals surface area contributed by atoms with Crippen LogP contribution < -0.4 is 0 Å². The van der Waals surface area contributed by atoms with Gasteiger partial charge in [0.2, 0.25) is 0 Å². The maximum Gasteiger partial charge on any atom is 0.129 e. The topological polar surface area (TPSA) is 49.1 Å². The van der Waals surface area contributed by atoms with Crippen LogP contribution in [0.1, 0.15) is 11.3 Å². The fraction of sp³-hybridized carbons (Fsp3) is 0.429. The third-order valence-corrected chi connectivity index (χ3v) is 4.54. The summed E-state index contributed by atoms with van der Waals surface area (Å²) in [6.45, 7) is 6.39. The van der Waals surface area contributed by atoms with Crippen LogP contribution in [0.5, 0.6) is 0 Å². The highest BCUT2D eigenvalue weighted by Crippen LogP contribution is 2.06. The number of nitrogens with zero attached hydrogens (tertiary/aromatic N) is 2. The van der Waals surface area contributed by atoms with Crippen molar-refractivity contribution in [3.63, 3.8) is 0 Å². The summed E-state index contributed by atoms with van der Waals surface area (Å²) in [6.07, 6.45) is 5.56. The quantitative estimate of drug-likeness (QED) is 0.748. The van der Waals surface area contributed by atoms with E-state index in [4.69, 9.17) is 9.15 Å². The summed E-state index contributed by atoms with van der Waals surface area (Å²) in [7, 11) is 0. The van der Waals surface area contributed by atoms with Gasteiger partial charge in [-0.3, -0.25) is 9.80 Å². The van der Waals surface area contributed by atoms with Crippen molar-refractivity contribution in [2.45, 2.75) is 12.7 Å². The average Bonchev–Trinajstić information content (AvgIpc) is 3.18. The molecule has 0 amide bonds. The van der Waals surface area contributed by atoms with Crippen LogP contribution in [0, 0.1) is 0 Å². The number of aliphatic hydroxyl groups is 1. The second-order valence-corrected chi connectivity index (χ2v) is 6.66. The van der Waals surface area contributed by atoms with Crippen LogP contribution in [0.2, 0.25) is 0 Å². The first-order valence-electron chi connectivity index (χ1n) is 9.24. The van der Waals surface area contributed by atoms with Crippen molar-refractivity contribution in [3.8, 4) is 0 Å². The van der Waals surface area contributed by atoms with Crippen LogP contribution in [0.3, 0.4) is 0 Å². The van der Waals surface area contributed by atoms with Crippen LogP contribution in [0.4, 0.5) is 0 Å². The Bertz CT molecular complexity index is 635. The van der Waals surface area contributed by atoms with Crippen LogP contribution >= 0.6 is 0 Å². The predicted octanol–water partition coefficient (Wildman–Crippen LogP) is 2.49. The summed E-state index contributed by atoms with van der Waals surface area (Å²) < 4.78 is 10.7.